The first-order valence-electron chi connectivity index (χ1n) is 11.5. The molecule has 1 saturated heterocycles. The van der Waals surface area contributed by atoms with Crippen LogP contribution in [-0.2, 0) is 0 Å². The number of aromatic nitrogens is 1. The van der Waals surface area contributed by atoms with Crippen LogP contribution >= 0.6 is 11.8 Å². The van der Waals surface area contributed by atoms with Gasteiger partial charge in [-0.05, 0) is 55.3 Å². The highest BCUT2D eigenvalue weighted by atomic mass is 32.2. The van der Waals surface area contributed by atoms with Gasteiger partial charge in [-0.3, -0.25) is 9.69 Å². The molecule has 0 bridgehead atoms. The summed E-state index contributed by atoms with van der Waals surface area (Å²) in [5.74, 6) is 0.854. The Balaban J connectivity index is 1.96. The van der Waals surface area contributed by atoms with Gasteiger partial charge in [0.1, 0.15) is 11.5 Å². The molecule has 32 heavy (non-hydrogen) atoms. The number of hydrogen-bond acceptors (Lipinski definition) is 6. The first-order chi connectivity index (χ1) is 15.5. The predicted molar refractivity (Wildman–Crippen MR) is 132 cm³/mol. The molecule has 1 amide bonds. The zero-order chi connectivity index (χ0) is 23.2. The molecule has 1 atom stereocenters. The highest BCUT2D eigenvalue weighted by molar-refractivity contribution is 8.02. The third-order valence-corrected chi connectivity index (χ3v) is 6.28. The number of carbonyl (C=O) groups is 1. The molecule has 6 nitrogen and oxygen atoms in total. The molecule has 1 aromatic rings. The van der Waals surface area contributed by atoms with Gasteiger partial charge in [-0.25, -0.2) is 0 Å². The Morgan fingerprint density at radius 2 is 2.12 bits per heavy atom. The Hall–Kier alpha value is -2.25. The quantitative estimate of drug-likeness (QED) is 0.209. The average molecular weight is 460 g/mol. The first-order valence-corrected chi connectivity index (χ1v) is 12.3. The van der Waals surface area contributed by atoms with Crippen LogP contribution in [-0.4, -0.2) is 48.7 Å². The molecule has 1 N–H and O–H groups in total. The van der Waals surface area contributed by atoms with E-state index in [0.29, 0.717) is 29.8 Å². The number of thioether (sulfide) groups is 1. The second-order valence-corrected chi connectivity index (χ2v) is 9.00. The molecule has 1 aliphatic rings. The predicted octanol–water partition coefficient (Wildman–Crippen LogP) is 5.61. The van der Waals surface area contributed by atoms with E-state index in [9.17, 15) is 4.79 Å². The lowest BCUT2D eigenvalue weighted by Crippen LogP contribution is -2.25. The van der Waals surface area contributed by atoms with E-state index in [1.165, 1.54) is 24.6 Å². The van der Waals surface area contributed by atoms with Crippen molar-refractivity contribution in [2.75, 3.05) is 32.8 Å². The van der Waals surface area contributed by atoms with Crippen LogP contribution in [0.15, 0.2) is 57.9 Å². The second kappa shape index (κ2) is 14.7. The fourth-order valence-electron chi connectivity index (χ4n) is 3.35. The maximum atomic E-state index is 12.8. The largest absolute Gasteiger partial charge is 0.473 e. The summed E-state index contributed by atoms with van der Waals surface area (Å²) in [4.78, 5) is 15.7. The van der Waals surface area contributed by atoms with Gasteiger partial charge in [0.2, 0.25) is 5.76 Å². The van der Waals surface area contributed by atoms with Gasteiger partial charge < -0.3 is 14.6 Å². The number of carbonyl (C=O) groups excluding carboxylic acids is 1. The van der Waals surface area contributed by atoms with Crippen LogP contribution in [0.3, 0.4) is 0 Å². The summed E-state index contributed by atoms with van der Waals surface area (Å²) in [5, 5.41) is 8.82. The molecule has 0 aromatic carbocycles. The lowest BCUT2D eigenvalue weighted by Gasteiger charge is -2.14. The second-order valence-electron chi connectivity index (χ2n) is 8.08. The summed E-state index contributed by atoms with van der Waals surface area (Å²) in [6.45, 7) is 16.3. The summed E-state index contributed by atoms with van der Waals surface area (Å²) in [6.07, 6.45) is 12.6. The van der Waals surface area contributed by atoms with Crippen molar-refractivity contribution >= 4 is 17.7 Å². The maximum absolute atomic E-state index is 12.8. The van der Waals surface area contributed by atoms with E-state index in [2.05, 4.69) is 42.4 Å². The number of ether oxygens (including phenoxy) is 1. The third-order valence-electron chi connectivity index (χ3n) is 5.39. The van der Waals surface area contributed by atoms with Crippen molar-refractivity contribution in [3.8, 4) is 5.88 Å². The standard InChI is InChI=1S/C25H37N3O3S/c1-5-7-8-11-18-32-23-22(24(29)26-13-12-21(4)19-20(3)6-2)31-27-25(23)30-17-16-28-14-9-10-15-28/h5,7-8,11,18,20H,1,4,6,9-10,12-17,19H2,2-3H3,(H,26,29)/b8-7-,18-11+. The Kier molecular flexibility index (Phi) is 12.0. The minimum absolute atomic E-state index is 0.177. The molecule has 2 rings (SSSR count). The number of allylic oxidation sites excluding steroid dienone is 4. The van der Waals surface area contributed by atoms with Crippen LogP contribution in [0, 0.1) is 5.92 Å². The van der Waals surface area contributed by atoms with Gasteiger partial charge in [0.25, 0.3) is 11.8 Å². The molecule has 7 heteroatoms. The van der Waals surface area contributed by atoms with Gasteiger partial charge in [-0.1, -0.05) is 75.1 Å². The van der Waals surface area contributed by atoms with E-state index in [1.54, 1.807) is 6.08 Å². The summed E-state index contributed by atoms with van der Waals surface area (Å²) < 4.78 is 11.3. The van der Waals surface area contributed by atoms with Gasteiger partial charge in [0.05, 0.1) is 0 Å². The van der Waals surface area contributed by atoms with Crippen LogP contribution in [0.5, 0.6) is 5.88 Å². The Labute approximate surface area is 196 Å². The lowest BCUT2D eigenvalue weighted by molar-refractivity contribution is 0.0913. The van der Waals surface area contributed by atoms with Crippen molar-refractivity contribution in [2.45, 2.75) is 50.8 Å². The van der Waals surface area contributed by atoms with Crippen molar-refractivity contribution in [1.29, 1.82) is 0 Å². The number of amides is 1. The molecule has 1 unspecified atom stereocenters. The average Bonchev–Trinajstić information content (AvgIpc) is 3.43. The van der Waals surface area contributed by atoms with Crippen molar-refractivity contribution in [3.05, 3.63) is 54.2 Å². The van der Waals surface area contributed by atoms with Crippen molar-refractivity contribution in [3.63, 3.8) is 0 Å². The van der Waals surface area contributed by atoms with Gasteiger partial charge in [0.15, 0.2) is 0 Å². The topological polar surface area (TPSA) is 67.6 Å². The van der Waals surface area contributed by atoms with Gasteiger partial charge in [-0.2, -0.15) is 0 Å². The Bertz CT molecular complexity index is 794. The summed E-state index contributed by atoms with van der Waals surface area (Å²) in [7, 11) is 0. The van der Waals surface area contributed by atoms with E-state index in [0.717, 1.165) is 44.5 Å². The fraction of sp³-hybridized carbons (Fsp3) is 0.520. The van der Waals surface area contributed by atoms with Crippen molar-refractivity contribution < 1.29 is 14.1 Å². The van der Waals surface area contributed by atoms with Gasteiger partial charge in [0, 0.05) is 13.1 Å². The fourth-order valence-corrected chi connectivity index (χ4v) is 4.09. The third kappa shape index (κ3) is 9.09. The molecule has 2 heterocycles. The monoisotopic (exact) mass is 459 g/mol. The molecular weight excluding hydrogens is 422 g/mol. The molecule has 0 aliphatic carbocycles. The zero-order valence-corrected chi connectivity index (χ0v) is 20.3. The van der Waals surface area contributed by atoms with E-state index in [4.69, 9.17) is 9.26 Å². The summed E-state index contributed by atoms with van der Waals surface area (Å²) in [6, 6.07) is 0. The minimum atomic E-state index is -0.291. The zero-order valence-electron chi connectivity index (χ0n) is 19.5. The molecule has 0 saturated carbocycles. The summed E-state index contributed by atoms with van der Waals surface area (Å²) >= 11 is 1.35. The highest BCUT2D eigenvalue weighted by Gasteiger charge is 2.24. The molecule has 1 aliphatic heterocycles. The molecule has 1 aromatic heterocycles. The molecule has 0 radical (unpaired) electrons. The van der Waals surface area contributed by atoms with Crippen molar-refractivity contribution in [2.24, 2.45) is 5.92 Å². The number of nitrogens with zero attached hydrogens (tertiary/aromatic N) is 2. The number of hydrogen-bond donors (Lipinski definition) is 1. The first kappa shape index (κ1) is 26.0. The smallest absolute Gasteiger partial charge is 0.291 e. The lowest BCUT2D eigenvalue weighted by atomic mass is 9.98. The summed E-state index contributed by atoms with van der Waals surface area (Å²) in [5.41, 5.74) is 1.15. The molecule has 176 valence electrons. The SMILES string of the molecule is C=C/C=C\C=C\Sc1c(OCCN2CCCC2)noc1C(=O)NCCC(=C)CC(C)CC. The minimum Gasteiger partial charge on any atom is -0.473 e. The van der Waals surface area contributed by atoms with E-state index in [1.807, 2.05) is 23.6 Å². The molecule has 0 spiro atoms. The number of rotatable bonds is 15. The van der Waals surface area contributed by atoms with E-state index in [-0.39, 0.29) is 11.7 Å². The van der Waals surface area contributed by atoms with Crippen LogP contribution in [0.25, 0.3) is 0 Å². The number of nitrogens with one attached hydrogen (secondary N) is 1. The van der Waals surface area contributed by atoms with Crippen LogP contribution in [0.2, 0.25) is 0 Å². The normalized spacial score (nSPS) is 15.4. The Morgan fingerprint density at radius 1 is 1.34 bits per heavy atom. The maximum Gasteiger partial charge on any atom is 0.291 e. The van der Waals surface area contributed by atoms with Gasteiger partial charge in [-0.15, -0.1) is 0 Å². The van der Waals surface area contributed by atoms with Crippen LogP contribution < -0.4 is 10.1 Å². The molecule has 1 fully saturated rings. The van der Waals surface area contributed by atoms with E-state index >= 15 is 0 Å². The van der Waals surface area contributed by atoms with Gasteiger partial charge >= 0.3 is 0 Å². The van der Waals surface area contributed by atoms with E-state index < -0.39 is 0 Å². The molecular formula is C25H37N3O3S. The Morgan fingerprint density at radius 3 is 2.84 bits per heavy atom. The highest BCUT2D eigenvalue weighted by Crippen LogP contribution is 2.33. The van der Waals surface area contributed by atoms with Crippen LogP contribution in [0.4, 0.5) is 0 Å². The van der Waals surface area contributed by atoms with Crippen molar-refractivity contribution in [1.82, 2.24) is 15.4 Å². The van der Waals surface area contributed by atoms with Crippen LogP contribution in [0.1, 0.15) is 56.5 Å². The number of likely N-dealkylation sites (tertiary alicyclic amines) is 1.